The first-order valence-corrected chi connectivity index (χ1v) is 12.6. The van der Waals surface area contributed by atoms with Gasteiger partial charge in [0.05, 0.1) is 5.92 Å². The molecule has 0 bridgehead atoms. The van der Waals surface area contributed by atoms with Gasteiger partial charge in [0, 0.05) is 11.1 Å². The van der Waals surface area contributed by atoms with E-state index < -0.39 is 30.3 Å². The smallest absolute Gasteiger partial charge is 0.439 e. The molecule has 2 aromatic carbocycles. The number of rotatable bonds is 5. The number of ether oxygens (including phenoxy) is 1. The highest BCUT2D eigenvalue weighted by atomic mass is 19.4. The predicted octanol–water partition coefficient (Wildman–Crippen LogP) is 6.30. The van der Waals surface area contributed by atoms with Crippen LogP contribution in [0.15, 0.2) is 59.7 Å². The van der Waals surface area contributed by atoms with Crippen molar-refractivity contribution in [1.82, 2.24) is 5.01 Å². The fourth-order valence-corrected chi connectivity index (χ4v) is 5.45. The molecule has 200 valence electrons. The second kappa shape index (κ2) is 9.46. The molecule has 0 unspecified atom stereocenters. The molecule has 0 spiro atoms. The van der Waals surface area contributed by atoms with Crippen LogP contribution in [0.2, 0.25) is 0 Å². The zero-order chi connectivity index (χ0) is 27.2. The third kappa shape index (κ3) is 5.00. The molecular formula is C29H35F3N2O3. The Morgan fingerprint density at radius 2 is 1.62 bits per heavy atom. The number of amides is 1. The van der Waals surface area contributed by atoms with Gasteiger partial charge in [-0.05, 0) is 53.9 Å². The van der Waals surface area contributed by atoms with Crippen molar-refractivity contribution in [3.63, 3.8) is 0 Å². The molecule has 8 heteroatoms. The van der Waals surface area contributed by atoms with E-state index in [1.807, 2.05) is 63.2 Å². The second-order valence-electron chi connectivity index (χ2n) is 11.7. The molecule has 3 atom stereocenters. The SMILES string of the molecule is CC(C)(c1ccccc1)c1ccc(OCC(=O)N2N=C3CC[C@H](C(C)(C)C)C[C@@H]3[C@]2(O)C(F)(F)F)cc1. The fourth-order valence-electron chi connectivity index (χ4n) is 5.45. The lowest BCUT2D eigenvalue weighted by molar-refractivity contribution is -0.318. The Balaban J connectivity index is 1.49. The highest BCUT2D eigenvalue weighted by Gasteiger charge is 2.69. The Kier molecular flexibility index (Phi) is 6.95. The lowest BCUT2D eigenvalue weighted by atomic mass is 9.66. The van der Waals surface area contributed by atoms with Gasteiger partial charge in [0.1, 0.15) is 5.75 Å². The maximum atomic E-state index is 14.3. The van der Waals surface area contributed by atoms with E-state index in [-0.39, 0.29) is 33.9 Å². The van der Waals surface area contributed by atoms with Crippen LogP contribution in [-0.4, -0.2) is 40.2 Å². The first-order valence-electron chi connectivity index (χ1n) is 12.6. The normalized spacial score (nSPS) is 24.5. The molecular weight excluding hydrogens is 481 g/mol. The van der Waals surface area contributed by atoms with Gasteiger partial charge in [-0.25, -0.2) is 0 Å². The Hall–Kier alpha value is -2.87. The molecule has 1 heterocycles. The number of alkyl halides is 3. The quantitative estimate of drug-likeness (QED) is 0.507. The Morgan fingerprint density at radius 1 is 1.03 bits per heavy atom. The number of carbonyl (C=O) groups excluding carboxylic acids is 1. The number of benzene rings is 2. The van der Waals surface area contributed by atoms with Crippen LogP contribution in [0.5, 0.6) is 5.75 Å². The van der Waals surface area contributed by atoms with Crippen molar-refractivity contribution < 1.29 is 27.8 Å². The van der Waals surface area contributed by atoms with Gasteiger partial charge >= 0.3 is 6.18 Å². The molecule has 0 aromatic heterocycles. The number of carbonyl (C=O) groups is 1. The van der Waals surface area contributed by atoms with E-state index in [0.717, 1.165) is 11.1 Å². The van der Waals surface area contributed by atoms with Gasteiger partial charge < -0.3 is 9.84 Å². The number of hydrogen-bond acceptors (Lipinski definition) is 4. The average molecular weight is 517 g/mol. The molecule has 2 aliphatic rings. The van der Waals surface area contributed by atoms with Crippen LogP contribution >= 0.6 is 0 Å². The summed E-state index contributed by atoms with van der Waals surface area (Å²) in [5, 5.41) is 15.2. The molecule has 0 radical (unpaired) electrons. The maximum absolute atomic E-state index is 14.3. The number of hydrazone groups is 1. The number of hydrogen-bond donors (Lipinski definition) is 1. The molecule has 4 rings (SSSR count). The predicted molar refractivity (Wildman–Crippen MR) is 136 cm³/mol. The van der Waals surface area contributed by atoms with E-state index in [1.54, 1.807) is 12.1 Å². The zero-order valence-electron chi connectivity index (χ0n) is 22.0. The van der Waals surface area contributed by atoms with E-state index in [0.29, 0.717) is 18.6 Å². The minimum Gasteiger partial charge on any atom is -0.484 e. The summed E-state index contributed by atoms with van der Waals surface area (Å²) in [6, 6.07) is 17.1. The van der Waals surface area contributed by atoms with Crippen LogP contribution in [0.4, 0.5) is 13.2 Å². The van der Waals surface area contributed by atoms with Crippen LogP contribution in [0.1, 0.15) is 65.0 Å². The molecule has 1 aliphatic heterocycles. The van der Waals surface area contributed by atoms with Gasteiger partial charge in [0.25, 0.3) is 11.6 Å². The standard InChI is InChI=1S/C29H35F3N2O3/c1-26(2,3)21-13-16-24-23(17-21)28(36,29(30,31)32)34(33-24)25(35)18-37-22-14-11-20(12-15-22)27(4,5)19-9-7-6-8-10-19/h6-12,14-15,21,23,36H,13,16-18H2,1-5H3/t21-,23-,28-/m0/s1. The molecule has 1 N–H and O–H groups in total. The molecule has 1 fully saturated rings. The molecule has 1 saturated carbocycles. The summed E-state index contributed by atoms with van der Waals surface area (Å²) >= 11 is 0. The van der Waals surface area contributed by atoms with Crippen molar-refractivity contribution in [3.8, 4) is 5.75 Å². The third-order valence-corrected chi connectivity index (χ3v) is 8.02. The topological polar surface area (TPSA) is 62.1 Å². The zero-order valence-corrected chi connectivity index (χ0v) is 22.0. The first kappa shape index (κ1) is 27.2. The van der Waals surface area contributed by atoms with Gasteiger partial charge in [-0.1, -0.05) is 77.1 Å². The molecule has 37 heavy (non-hydrogen) atoms. The van der Waals surface area contributed by atoms with Gasteiger partial charge in [0.2, 0.25) is 0 Å². The van der Waals surface area contributed by atoms with Crippen molar-refractivity contribution in [2.75, 3.05) is 6.61 Å². The Bertz CT molecular complexity index is 1150. The fraction of sp³-hybridized carbons (Fsp3) is 0.517. The van der Waals surface area contributed by atoms with E-state index in [4.69, 9.17) is 4.74 Å². The van der Waals surface area contributed by atoms with Crippen molar-refractivity contribution in [1.29, 1.82) is 0 Å². The largest absolute Gasteiger partial charge is 0.484 e. The summed E-state index contributed by atoms with van der Waals surface area (Å²) in [5.74, 6) is -2.01. The summed E-state index contributed by atoms with van der Waals surface area (Å²) in [6.45, 7) is 9.44. The van der Waals surface area contributed by atoms with Crippen LogP contribution in [0.3, 0.4) is 0 Å². The summed E-state index contributed by atoms with van der Waals surface area (Å²) in [6.07, 6.45) is -3.98. The maximum Gasteiger partial charge on any atom is 0.439 e. The van der Waals surface area contributed by atoms with Crippen molar-refractivity contribution in [3.05, 3.63) is 65.7 Å². The monoisotopic (exact) mass is 516 g/mol. The van der Waals surface area contributed by atoms with Gasteiger partial charge in [-0.2, -0.15) is 23.3 Å². The number of halogens is 3. The second-order valence-corrected chi connectivity index (χ2v) is 11.7. The molecule has 1 aliphatic carbocycles. The minimum atomic E-state index is -5.07. The molecule has 5 nitrogen and oxygen atoms in total. The van der Waals surface area contributed by atoms with Crippen LogP contribution in [-0.2, 0) is 10.2 Å². The number of nitrogens with zero attached hydrogens (tertiary/aromatic N) is 2. The number of fused-ring (bicyclic) bond motifs is 1. The van der Waals surface area contributed by atoms with Crippen molar-refractivity contribution >= 4 is 11.6 Å². The summed E-state index contributed by atoms with van der Waals surface area (Å²) in [7, 11) is 0. The van der Waals surface area contributed by atoms with Gasteiger partial charge in [-0.3, -0.25) is 4.79 Å². The van der Waals surface area contributed by atoms with E-state index in [1.165, 1.54) is 0 Å². The van der Waals surface area contributed by atoms with Crippen molar-refractivity contribution in [2.24, 2.45) is 22.4 Å². The van der Waals surface area contributed by atoms with Crippen LogP contribution in [0.25, 0.3) is 0 Å². The highest BCUT2D eigenvalue weighted by Crippen LogP contribution is 2.51. The van der Waals surface area contributed by atoms with Gasteiger partial charge in [0.15, 0.2) is 6.61 Å². The number of aliphatic hydroxyl groups is 1. The minimum absolute atomic E-state index is 0.0321. The van der Waals surface area contributed by atoms with E-state index in [2.05, 4.69) is 18.9 Å². The molecule has 1 amide bonds. The lowest BCUT2D eigenvalue weighted by Gasteiger charge is -2.42. The van der Waals surface area contributed by atoms with E-state index >= 15 is 0 Å². The van der Waals surface area contributed by atoms with Crippen molar-refractivity contribution in [2.45, 2.75) is 71.2 Å². The molecule has 2 aromatic rings. The van der Waals surface area contributed by atoms with Crippen LogP contribution in [0, 0.1) is 17.3 Å². The Labute approximate surface area is 216 Å². The third-order valence-electron chi connectivity index (χ3n) is 8.02. The Morgan fingerprint density at radius 3 is 2.19 bits per heavy atom. The first-order chi connectivity index (χ1) is 17.2. The van der Waals surface area contributed by atoms with E-state index in [9.17, 15) is 23.1 Å². The highest BCUT2D eigenvalue weighted by molar-refractivity contribution is 5.93. The summed E-state index contributed by atoms with van der Waals surface area (Å²) < 4.78 is 48.3. The average Bonchev–Trinajstić information content (AvgIpc) is 3.16. The summed E-state index contributed by atoms with van der Waals surface area (Å²) in [4.78, 5) is 12.9. The summed E-state index contributed by atoms with van der Waals surface area (Å²) in [5.41, 5.74) is -1.50. The van der Waals surface area contributed by atoms with Crippen LogP contribution < -0.4 is 4.74 Å². The lowest BCUT2D eigenvalue weighted by Crippen LogP contribution is -2.62. The molecule has 0 saturated heterocycles. The van der Waals surface area contributed by atoms with Gasteiger partial charge in [-0.15, -0.1) is 0 Å².